The number of rotatable bonds is 9. The van der Waals surface area contributed by atoms with Crippen LogP contribution < -0.4 is 14.8 Å². The maximum absolute atomic E-state index is 13.8. The van der Waals surface area contributed by atoms with Crippen molar-refractivity contribution in [2.24, 2.45) is 0 Å². The Morgan fingerprint density at radius 3 is 2.29 bits per heavy atom. The monoisotopic (exact) mass is 594 g/mol. The summed E-state index contributed by atoms with van der Waals surface area (Å²) in [6.45, 7) is 0. The fourth-order valence-corrected chi connectivity index (χ4v) is 4.73. The summed E-state index contributed by atoms with van der Waals surface area (Å²) in [6.07, 6.45) is -8.21. The maximum Gasteiger partial charge on any atom is 0.461 e. The standard InChI is InChI=1S/C32H23ClF4N2O3/c33-25-14-16-28(38-20-25)31(19-21-7-2-1-3-8-21,24-11-6-12-27(18-24)42-32(36,37)29(34)35)39-30(40)41-26-15-13-22-9-4-5-10-23(22)17-26/h1-18,20,29H,19H2,(H,39,40)/t31-/m1/s1. The zero-order valence-corrected chi connectivity index (χ0v) is 22.6. The number of nitrogens with one attached hydrogen (secondary N) is 1. The number of fused-ring (bicyclic) bond motifs is 1. The van der Waals surface area contributed by atoms with Crippen LogP contribution in [0, 0.1) is 0 Å². The lowest BCUT2D eigenvalue weighted by Crippen LogP contribution is -2.50. The van der Waals surface area contributed by atoms with Gasteiger partial charge in [0.2, 0.25) is 0 Å². The largest absolute Gasteiger partial charge is 0.461 e. The Hall–Kier alpha value is -4.63. The third-order valence-electron chi connectivity index (χ3n) is 6.56. The molecule has 0 aliphatic rings. The van der Waals surface area contributed by atoms with E-state index in [1.54, 1.807) is 48.5 Å². The minimum atomic E-state index is -4.73. The second kappa shape index (κ2) is 12.1. The molecule has 214 valence electrons. The van der Waals surface area contributed by atoms with Crippen LogP contribution in [0.2, 0.25) is 5.02 Å². The van der Waals surface area contributed by atoms with Crippen molar-refractivity contribution in [2.45, 2.75) is 24.5 Å². The molecule has 0 saturated heterocycles. The second-order valence-electron chi connectivity index (χ2n) is 9.45. The number of carbonyl (C=O) groups is 1. The van der Waals surface area contributed by atoms with Crippen LogP contribution in [0.4, 0.5) is 22.4 Å². The van der Waals surface area contributed by atoms with Gasteiger partial charge in [0, 0.05) is 12.6 Å². The summed E-state index contributed by atoms with van der Waals surface area (Å²) in [7, 11) is 0. The number of hydrogen-bond acceptors (Lipinski definition) is 4. The average molecular weight is 595 g/mol. The zero-order valence-electron chi connectivity index (χ0n) is 21.8. The van der Waals surface area contributed by atoms with Crippen LogP contribution in [0.5, 0.6) is 11.5 Å². The lowest BCUT2D eigenvalue weighted by atomic mass is 9.80. The Labute approximate surface area is 243 Å². The summed E-state index contributed by atoms with van der Waals surface area (Å²) in [5.41, 5.74) is -0.299. The molecule has 0 unspecified atom stereocenters. The van der Waals surface area contributed by atoms with Crippen LogP contribution >= 0.6 is 11.6 Å². The van der Waals surface area contributed by atoms with E-state index in [1.807, 2.05) is 42.5 Å². The third kappa shape index (κ3) is 6.47. The normalized spacial score (nSPS) is 13.0. The Bertz CT molecular complexity index is 1690. The molecule has 1 N–H and O–H groups in total. The maximum atomic E-state index is 13.8. The number of carbonyl (C=O) groups excluding carboxylic acids is 1. The first-order chi connectivity index (χ1) is 20.1. The molecule has 0 saturated carbocycles. The van der Waals surface area contributed by atoms with Gasteiger partial charge in [-0.05, 0) is 58.3 Å². The number of aromatic nitrogens is 1. The summed E-state index contributed by atoms with van der Waals surface area (Å²) in [4.78, 5) is 18.0. The van der Waals surface area contributed by atoms with Crippen LogP contribution in [0.1, 0.15) is 16.8 Å². The van der Waals surface area contributed by atoms with Crippen molar-refractivity contribution >= 4 is 28.5 Å². The minimum Gasteiger partial charge on any atom is -0.428 e. The van der Waals surface area contributed by atoms with Gasteiger partial charge in [-0.15, -0.1) is 0 Å². The van der Waals surface area contributed by atoms with Crippen LogP contribution in [0.15, 0.2) is 115 Å². The first-order valence-corrected chi connectivity index (χ1v) is 13.1. The first kappa shape index (κ1) is 28.9. The molecule has 1 aromatic heterocycles. The Kier molecular flexibility index (Phi) is 8.31. The van der Waals surface area contributed by atoms with Gasteiger partial charge >= 0.3 is 18.6 Å². The number of amides is 1. The van der Waals surface area contributed by atoms with E-state index in [4.69, 9.17) is 16.3 Å². The van der Waals surface area contributed by atoms with Crippen LogP contribution in [0.3, 0.4) is 0 Å². The van der Waals surface area contributed by atoms with E-state index in [1.165, 1.54) is 12.3 Å². The molecule has 0 aliphatic carbocycles. The van der Waals surface area contributed by atoms with Gasteiger partial charge in [-0.1, -0.05) is 84.4 Å². The third-order valence-corrected chi connectivity index (χ3v) is 6.78. The molecule has 5 rings (SSSR count). The second-order valence-corrected chi connectivity index (χ2v) is 9.88. The Morgan fingerprint density at radius 2 is 1.57 bits per heavy atom. The molecule has 0 aliphatic heterocycles. The topological polar surface area (TPSA) is 60.5 Å². The number of benzene rings is 4. The number of nitrogens with zero attached hydrogens (tertiary/aromatic N) is 1. The van der Waals surface area contributed by atoms with E-state index in [9.17, 15) is 22.4 Å². The highest BCUT2D eigenvalue weighted by Crippen LogP contribution is 2.37. The van der Waals surface area contributed by atoms with Crippen molar-refractivity contribution in [2.75, 3.05) is 0 Å². The predicted molar refractivity (Wildman–Crippen MR) is 151 cm³/mol. The minimum absolute atomic E-state index is 0.0734. The predicted octanol–water partition coefficient (Wildman–Crippen LogP) is 8.40. The Balaban J connectivity index is 1.60. The lowest BCUT2D eigenvalue weighted by Gasteiger charge is -2.35. The van der Waals surface area contributed by atoms with Crippen molar-refractivity contribution in [1.82, 2.24) is 10.3 Å². The summed E-state index contributed by atoms with van der Waals surface area (Å²) >= 11 is 6.11. The van der Waals surface area contributed by atoms with Crippen molar-refractivity contribution < 1.29 is 31.8 Å². The quantitative estimate of drug-likeness (QED) is 0.174. The van der Waals surface area contributed by atoms with Gasteiger partial charge in [-0.25, -0.2) is 4.79 Å². The number of halogens is 5. The molecule has 1 heterocycles. The van der Waals surface area contributed by atoms with Crippen molar-refractivity contribution in [1.29, 1.82) is 0 Å². The molecule has 0 radical (unpaired) electrons. The van der Waals surface area contributed by atoms with Gasteiger partial charge in [0.1, 0.15) is 17.0 Å². The molecule has 4 aromatic carbocycles. The first-order valence-electron chi connectivity index (χ1n) is 12.7. The van der Waals surface area contributed by atoms with Gasteiger partial charge in [-0.2, -0.15) is 17.6 Å². The Morgan fingerprint density at radius 1 is 0.833 bits per heavy atom. The van der Waals surface area contributed by atoms with E-state index in [2.05, 4.69) is 15.0 Å². The van der Waals surface area contributed by atoms with Gasteiger partial charge in [0.25, 0.3) is 0 Å². The molecule has 42 heavy (non-hydrogen) atoms. The van der Waals surface area contributed by atoms with Crippen LogP contribution in [0.25, 0.3) is 10.8 Å². The molecule has 5 aromatic rings. The van der Waals surface area contributed by atoms with Crippen molar-refractivity contribution in [3.63, 3.8) is 0 Å². The summed E-state index contributed by atoms with van der Waals surface area (Å²) < 4.78 is 63.6. The molecule has 0 spiro atoms. The van der Waals surface area contributed by atoms with Gasteiger partial charge in [0.15, 0.2) is 0 Å². The fraction of sp³-hybridized carbons (Fsp3) is 0.125. The number of alkyl halides is 4. The SMILES string of the molecule is O=C(N[C@](Cc1ccccc1)(c1cccc(OC(F)(F)C(F)F)c1)c1ccc(Cl)cn1)Oc1ccc2ccccc2c1. The summed E-state index contributed by atoms with van der Waals surface area (Å²) in [5, 5.41) is 5.00. The zero-order chi connectivity index (χ0) is 29.7. The number of ether oxygens (including phenoxy) is 2. The van der Waals surface area contributed by atoms with E-state index in [-0.39, 0.29) is 23.4 Å². The molecular formula is C32H23ClF4N2O3. The molecule has 0 bridgehead atoms. The molecular weight excluding hydrogens is 572 g/mol. The van der Waals surface area contributed by atoms with Crippen LogP contribution in [-0.4, -0.2) is 23.6 Å². The fourth-order valence-electron chi connectivity index (χ4n) is 4.62. The summed E-state index contributed by atoms with van der Waals surface area (Å²) in [5.74, 6) is -0.272. The molecule has 10 heteroatoms. The van der Waals surface area contributed by atoms with Gasteiger partial charge in [-0.3, -0.25) is 4.98 Å². The van der Waals surface area contributed by atoms with Gasteiger partial charge < -0.3 is 14.8 Å². The van der Waals surface area contributed by atoms with E-state index >= 15 is 0 Å². The highest BCUT2D eigenvalue weighted by molar-refractivity contribution is 6.30. The molecule has 1 amide bonds. The molecule has 5 nitrogen and oxygen atoms in total. The van der Waals surface area contributed by atoms with E-state index < -0.39 is 29.9 Å². The van der Waals surface area contributed by atoms with Crippen molar-refractivity contribution in [3.05, 3.63) is 137 Å². The number of pyridine rings is 1. The molecule has 0 fully saturated rings. The highest BCUT2D eigenvalue weighted by Gasteiger charge is 2.45. The molecule has 1 atom stereocenters. The van der Waals surface area contributed by atoms with E-state index in [0.717, 1.165) is 28.5 Å². The van der Waals surface area contributed by atoms with Crippen LogP contribution in [-0.2, 0) is 12.0 Å². The van der Waals surface area contributed by atoms with Gasteiger partial charge in [0.05, 0.1) is 10.7 Å². The number of hydrogen-bond donors (Lipinski definition) is 1. The van der Waals surface area contributed by atoms with E-state index in [0.29, 0.717) is 5.02 Å². The smallest absolute Gasteiger partial charge is 0.428 e. The lowest BCUT2D eigenvalue weighted by molar-refractivity contribution is -0.253. The highest BCUT2D eigenvalue weighted by atomic mass is 35.5. The average Bonchev–Trinajstić information content (AvgIpc) is 2.97. The van der Waals surface area contributed by atoms with Crippen molar-refractivity contribution in [3.8, 4) is 11.5 Å². The summed E-state index contributed by atoms with van der Waals surface area (Å²) in [6, 6.07) is 30.0.